The fourth-order valence-electron chi connectivity index (χ4n) is 3.12. The van der Waals surface area contributed by atoms with E-state index < -0.39 is 5.60 Å². The number of benzene rings is 1. The molecule has 0 saturated carbocycles. The highest BCUT2D eigenvalue weighted by molar-refractivity contribution is 5.21. The topological polar surface area (TPSA) is 63.0 Å². The lowest BCUT2D eigenvalue weighted by Gasteiger charge is -2.28. The number of aromatic nitrogens is 3. The van der Waals surface area contributed by atoms with E-state index in [2.05, 4.69) is 20.1 Å². The molecule has 2 heterocycles. The predicted molar refractivity (Wildman–Crippen MR) is 85.5 cm³/mol. The van der Waals surface area contributed by atoms with Gasteiger partial charge in [-0.3, -0.25) is 0 Å². The minimum Gasteiger partial charge on any atom is -0.384 e. The Balaban J connectivity index is 1.53. The van der Waals surface area contributed by atoms with Gasteiger partial charge < -0.3 is 15.0 Å². The van der Waals surface area contributed by atoms with Crippen molar-refractivity contribution in [3.63, 3.8) is 0 Å². The van der Waals surface area contributed by atoms with Crippen molar-refractivity contribution in [1.29, 1.82) is 0 Å². The summed E-state index contributed by atoms with van der Waals surface area (Å²) in [7, 11) is 0. The Kier molecular flexibility index (Phi) is 4.27. The van der Waals surface area contributed by atoms with E-state index in [1.54, 1.807) is 0 Å². The molecule has 2 unspecified atom stereocenters. The first kappa shape index (κ1) is 15.2. The van der Waals surface area contributed by atoms with E-state index in [-0.39, 0.29) is 0 Å². The van der Waals surface area contributed by atoms with Gasteiger partial charge in [-0.1, -0.05) is 30.3 Å². The van der Waals surface area contributed by atoms with Crippen molar-refractivity contribution >= 4 is 0 Å². The number of nitrogens with one attached hydrogen (secondary N) is 1. The summed E-state index contributed by atoms with van der Waals surface area (Å²) in [6, 6.07) is 9.82. The van der Waals surface area contributed by atoms with E-state index in [0.717, 1.165) is 43.1 Å². The lowest BCUT2D eigenvalue weighted by Crippen LogP contribution is -2.39. The van der Waals surface area contributed by atoms with Crippen LogP contribution in [0.1, 0.15) is 30.6 Å². The number of aliphatic hydroxyl groups is 1. The van der Waals surface area contributed by atoms with Crippen LogP contribution in [0.4, 0.5) is 0 Å². The van der Waals surface area contributed by atoms with Crippen molar-refractivity contribution in [2.75, 3.05) is 13.1 Å². The van der Waals surface area contributed by atoms with E-state index in [9.17, 15) is 5.11 Å². The molecule has 0 spiro atoms. The zero-order valence-electron chi connectivity index (χ0n) is 13.3. The van der Waals surface area contributed by atoms with Crippen LogP contribution in [0.5, 0.6) is 0 Å². The molecule has 0 radical (unpaired) electrons. The van der Waals surface area contributed by atoms with Gasteiger partial charge in [-0.15, -0.1) is 10.2 Å². The molecule has 22 heavy (non-hydrogen) atoms. The fraction of sp³-hybridized carbons (Fsp3) is 0.529. The Morgan fingerprint density at radius 3 is 2.86 bits per heavy atom. The van der Waals surface area contributed by atoms with Crippen molar-refractivity contribution in [3.05, 3.63) is 47.5 Å². The number of hydrogen-bond acceptors (Lipinski definition) is 4. The molecule has 2 aromatic rings. The van der Waals surface area contributed by atoms with Gasteiger partial charge in [0, 0.05) is 19.5 Å². The van der Waals surface area contributed by atoms with Gasteiger partial charge in [0.05, 0.1) is 5.60 Å². The van der Waals surface area contributed by atoms with Gasteiger partial charge in [0.15, 0.2) is 0 Å². The third kappa shape index (κ3) is 3.20. The van der Waals surface area contributed by atoms with Gasteiger partial charge in [-0.2, -0.15) is 0 Å². The SMILES string of the molecule is Cc1nnc2n1CC(CNCC(C)(O)c1ccccc1)CC2. The highest BCUT2D eigenvalue weighted by atomic mass is 16.3. The summed E-state index contributed by atoms with van der Waals surface area (Å²) in [6.07, 6.45) is 2.11. The van der Waals surface area contributed by atoms with Crippen LogP contribution >= 0.6 is 0 Å². The van der Waals surface area contributed by atoms with E-state index in [1.807, 2.05) is 44.2 Å². The molecule has 1 aliphatic heterocycles. The number of rotatable bonds is 5. The second kappa shape index (κ2) is 6.18. The Bertz CT molecular complexity index is 621. The van der Waals surface area contributed by atoms with Crippen LogP contribution in [0.2, 0.25) is 0 Å². The summed E-state index contributed by atoms with van der Waals surface area (Å²) in [4.78, 5) is 0. The highest BCUT2D eigenvalue weighted by Gasteiger charge is 2.24. The molecule has 0 bridgehead atoms. The molecule has 1 aromatic carbocycles. The Morgan fingerprint density at radius 2 is 2.09 bits per heavy atom. The van der Waals surface area contributed by atoms with Crippen LogP contribution in [0.3, 0.4) is 0 Å². The summed E-state index contributed by atoms with van der Waals surface area (Å²) in [5, 5.41) is 22.4. The molecular weight excluding hydrogens is 276 g/mol. The standard InChI is InChI=1S/C17H24N4O/c1-13-19-20-16-9-8-14(11-21(13)16)10-18-12-17(2,22)15-6-4-3-5-7-15/h3-7,14,18,22H,8-12H2,1-2H3. The van der Waals surface area contributed by atoms with Crippen LogP contribution in [0, 0.1) is 12.8 Å². The number of nitrogens with zero attached hydrogens (tertiary/aromatic N) is 3. The minimum absolute atomic E-state index is 0.557. The molecule has 3 rings (SSSR count). The molecule has 1 aliphatic rings. The van der Waals surface area contributed by atoms with E-state index in [0.29, 0.717) is 12.5 Å². The number of fused-ring (bicyclic) bond motifs is 1. The van der Waals surface area contributed by atoms with Gasteiger partial charge in [0.1, 0.15) is 11.6 Å². The lowest BCUT2D eigenvalue weighted by atomic mass is 9.95. The van der Waals surface area contributed by atoms with Crippen molar-refractivity contribution in [2.45, 2.75) is 38.8 Å². The van der Waals surface area contributed by atoms with Gasteiger partial charge >= 0.3 is 0 Å². The average molecular weight is 300 g/mol. The first-order valence-electron chi connectivity index (χ1n) is 7.93. The average Bonchev–Trinajstić information content (AvgIpc) is 2.89. The monoisotopic (exact) mass is 300 g/mol. The van der Waals surface area contributed by atoms with E-state index in [4.69, 9.17) is 0 Å². The number of aryl methyl sites for hydroxylation is 2. The summed E-state index contributed by atoms with van der Waals surface area (Å²) >= 11 is 0. The van der Waals surface area contributed by atoms with Crippen molar-refractivity contribution < 1.29 is 5.11 Å². The fourth-order valence-corrected chi connectivity index (χ4v) is 3.12. The molecule has 5 heteroatoms. The smallest absolute Gasteiger partial charge is 0.133 e. The summed E-state index contributed by atoms with van der Waals surface area (Å²) in [6.45, 7) is 6.29. The second-order valence-corrected chi connectivity index (χ2v) is 6.45. The third-order valence-electron chi connectivity index (χ3n) is 4.53. The Labute approximate surface area is 131 Å². The minimum atomic E-state index is -0.840. The molecule has 0 fully saturated rings. The maximum absolute atomic E-state index is 10.6. The maximum atomic E-state index is 10.6. The first-order valence-corrected chi connectivity index (χ1v) is 7.93. The van der Waals surface area contributed by atoms with Gasteiger partial charge in [0.2, 0.25) is 0 Å². The maximum Gasteiger partial charge on any atom is 0.133 e. The van der Waals surface area contributed by atoms with Gasteiger partial charge in [0.25, 0.3) is 0 Å². The summed E-state index contributed by atoms with van der Waals surface area (Å²) in [5.74, 6) is 2.66. The van der Waals surface area contributed by atoms with Crippen LogP contribution in [0.15, 0.2) is 30.3 Å². The molecule has 2 atom stereocenters. The van der Waals surface area contributed by atoms with Crippen molar-refractivity contribution in [1.82, 2.24) is 20.1 Å². The normalized spacial score (nSPS) is 20.4. The molecular formula is C17H24N4O. The first-order chi connectivity index (χ1) is 10.6. The van der Waals surface area contributed by atoms with Crippen LogP contribution < -0.4 is 5.32 Å². The largest absolute Gasteiger partial charge is 0.384 e. The van der Waals surface area contributed by atoms with Gasteiger partial charge in [-0.25, -0.2) is 0 Å². The van der Waals surface area contributed by atoms with E-state index >= 15 is 0 Å². The zero-order valence-corrected chi connectivity index (χ0v) is 13.3. The summed E-state index contributed by atoms with van der Waals surface area (Å²) in [5.41, 5.74) is 0.108. The van der Waals surface area contributed by atoms with Crippen LogP contribution in [0.25, 0.3) is 0 Å². The number of hydrogen-bond donors (Lipinski definition) is 2. The van der Waals surface area contributed by atoms with Crippen LogP contribution in [-0.2, 0) is 18.6 Å². The molecule has 0 aliphatic carbocycles. The highest BCUT2D eigenvalue weighted by Crippen LogP contribution is 2.21. The molecule has 0 saturated heterocycles. The van der Waals surface area contributed by atoms with Crippen molar-refractivity contribution in [3.8, 4) is 0 Å². The van der Waals surface area contributed by atoms with Crippen LogP contribution in [-0.4, -0.2) is 33.0 Å². The quantitative estimate of drug-likeness (QED) is 0.881. The molecule has 5 nitrogen and oxygen atoms in total. The molecule has 0 amide bonds. The van der Waals surface area contributed by atoms with Gasteiger partial charge in [-0.05, 0) is 38.3 Å². The predicted octanol–water partition coefficient (Wildman–Crippen LogP) is 1.65. The third-order valence-corrected chi connectivity index (χ3v) is 4.53. The molecule has 1 aromatic heterocycles. The Morgan fingerprint density at radius 1 is 1.32 bits per heavy atom. The van der Waals surface area contributed by atoms with E-state index in [1.165, 1.54) is 0 Å². The van der Waals surface area contributed by atoms with Crippen molar-refractivity contribution in [2.24, 2.45) is 5.92 Å². The summed E-state index contributed by atoms with van der Waals surface area (Å²) < 4.78 is 2.21. The molecule has 2 N–H and O–H groups in total. The lowest BCUT2D eigenvalue weighted by molar-refractivity contribution is 0.0555. The second-order valence-electron chi connectivity index (χ2n) is 6.45. The Hall–Kier alpha value is -1.72. The zero-order chi connectivity index (χ0) is 15.6. The molecule has 118 valence electrons.